The lowest BCUT2D eigenvalue weighted by atomic mass is 9.69. The number of benzene rings is 2. The zero-order valence-electron chi connectivity index (χ0n) is 22.1. The summed E-state index contributed by atoms with van der Waals surface area (Å²) in [5, 5.41) is 18.0. The second-order valence-corrected chi connectivity index (χ2v) is 10.0. The number of rotatable bonds is 6. The zero-order chi connectivity index (χ0) is 27.5. The number of aromatic amines is 1. The normalized spacial score (nSPS) is 13.9. The van der Waals surface area contributed by atoms with E-state index in [4.69, 9.17) is 14.2 Å². The predicted octanol–water partition coefficient (Wildman–Crippen LogP) is 3.12. The first-order valence-electron chi connectivity index (χ1n) is 12.2. The largest absolute Gasteiger partial charge is 0.465 e. The minimum atomic E-state index is -0.966. The minimum absolute atomic E-state index is 0.222. The fourth-order valence-electron chi connectivity index (χ4n) is 4.97. The van der Waals surface area contributed by atoms with E-state index in [1.807, 2.05) is 24.3 Å². The van der Waals surface area contributed by atoms with Crippen molar-refractivity contribution in [2.24, 2.45) is 0 Å². The van der Waals surface area contributed by atoms with Crippen LogP contribution in [0.15, 0.2) is 36.4 Å². The number of amides is 1. The summed E-state index contributed by atoms with van der Waals surface area (Å²) in [7, 11) is 2.67. The maximum atomic E-state index is 12.5. The molecular formula is C27H31N5O6. The Bertz CT molecular complexity index is 1280. The van der Waals surface area contributed by atoms with Crippen LogP contribution >= 0.6 is 0 Å². The van der Waals surface area contributed by atoms with Crippen LogP contribution in [0.5, 0.6) is 0 Å². The van der Waals surface area contributed by atoms with E-state index in [-0.39, 0.29) is 6.54 Å². The molecule has 2 N–H and O–H groups in total. The van der Waals surface area contributed by atoms with Gasteiger partial charge in [-0.1, -0.05) is 17.3 Å². The van der Waals surface area contributed by atoms with E-state index in [1.54, 1.807) is 32.9 Å². The van der Waals surface area contributed by atoms with Crippen molar-refractivity contribution in [3.63, 3.8) is 0 Å². The summed E-state index contributed by atoms with van der Waals surface area (Å²) in [6.45, 7) is 5.61. The quantitative estimate of drug-likeness (QED) is 0.369. The monoisotopic (exact) mass is 521 g/mol. The molecular weight excluding hydrogens is 490 g/mol. The van der Waals surface area contributed by atoms with Gasteiger partial charge in [0.1, 0.15) is 5.60 Å². The Hall–Kier alpha value is -4.28. The number of carbonyl (C=O) groups is 3. The molecule has 0 unspecified atom stereocenters. The Morgan fingerprint density at radius 1 is 0.947 bits per heavy atom. The fourth-order valence-corrected chi connectivity index (χ4v) is 4.97. The van der Waals surface area contributed by atoms with Gasteiger partial charge < -0.3 is 19.5 Å². The maximum absolute atomic E-state index is 12.5. The molecule has 0 bridgehead atoms. The van der Waals surface area contributed by atoms with Crippen LogP contribution in [0.3, 0.4) is 0 Å². The second-order valence-electron chi connectivity index (χ2n) is 10.0. The average molecular weight is 522 g/mol. The van der Waals surface area contributed by atoms with Crippen molar-refractivity contribution in [1.82, 2.24) is 25.9 Å². The predicted molar refractivity (Wildman–Crippen MR) is 136 cm³/mol. The number of fused-ring (bicyclic) bond motifs is 2. The summed E-state index contributed by atoms with van der Waals surface area (Å²) >= 11 is 0. The minimum Gasteiger partial charge on any atom is -0.465 e. The molecule has 1 aromatic heterocycles. The van der Waals surface area contributed by atoms with Crippen molar-refractivity contribution in [1.29, 1.82) is 0 Å². The van der Waals surface area contributed by atoms with Crippen LogP contribution in [0.2, 0.25) is 0 Å². The molecule has 3 aromatic rings. The molecule has 4 rings (SSSR count). The SMILES string of the molecule is COC(=O)c1ccc2c(c1)CCc1cc(C(=O)OC)ccc1C2(CCNC(=O)OC(C)(C)C)c1nn[nH]n1. The fraction of sp³-hybridized carbons (Fsp3) is 0.407. The maximum Gasteiger partial charge on any atom is 0.407 e. The van der Waals surface area contributed by atoms with E-state index in [9.17, 15) is 14.4 Å². The van der Waals surface area contributed by atoms with Crippen molar-refractivity contribution in [2.75, 3.05) is 20.8 Å². The number of tetrazole rings is 1. The van der Waals surface area contributed by atoms with Gasteiger partial charge in [0.15, 0.2) is 5.82 Å². The number of hydrogen-bond donors (Lipinski definition) is 2. The number of esters is 2. The number of alkyl carbamates (subject to hydrolysis) is 1. The van der Waals surface area contributed by atoms with Crippen LogP contribution in [-0.4, -0.2) is 65.0 Å². The molecule has 0 saturated heterocycles. The van der Waals surface area contributed by atoms with E-state index in [0.717, 1.165) is 22.3 Å². The Balaban J connectivity index is 1.88. The third-order valence-corrected chi connectivity index (χ3v) is 6.53. The number of ether oxygens (including phenoxy) is 3. The first-order chi connectivity index (χ1) is 18.1. The first kappa shape index (κ1) is 26.8. The number of carbonyl (C=O) groups excluding carboxylic acids is 3. The van der Waals surface area contributed by atoms with E-state index in [2.05, 4.69) is 25.9 Å². The molecule has 38 heavy (non-hydrogen) atoms. The molecule has 11 nitrogen and oxygen atoms in total. The molecule has 200 valence electrons. The highest BCUT2D eigenvalue weighted by Gasteiger charge is 2.44. The lowest BCUT2D eigenvalue weighted by Crippen LogP contribution is -2.39. The van der Waals surface area contributed by atoms with Crippen LogP contribution < -0.4 is 5.32 Å². The highest BCUT2D eigenvalue weighted by molar-refractivity contribution is 5.90. The Morgan fingerprint density at radius 2 is 1.50 bits per heavy atom. The molecule has 0 fully saturated rings. The molecule has 1 aliphatic carbocycles. The van der Waals surface area contributed by atoms with Crippen LogP contribution in [0, 0.1) is 0 Å². The van der Waals surface area contributed by atoms with E-state index in [0.29, 0.717) is 36.2 Å². The zero-order valence-corrected chi connectivity index (χ0v) is 22.1. The van der Waals surface area contributed by atoms with Gasteiger partial charge in [-0.3, -0.25) is 0 Å². The van der Waals surface area contributed by atoms with Gasteiger partial charge in [0, 0.05) is 6.54 Å². The van der Waals surface area contributed by atoms with Crippen molar-refractivity contribution in [3.8, 4) is 0 Å². The number of H-pyrrole nitrogens is 1. The van der Waals surface area contributed by atoms with Gasteiger partial charge in [0.25, 0.3) is 0 Å². The Labute approximate surface area is 220 Å². The van der Waals surface area contributed by atoms with Gasteiger partial charge in [-0.05, 0) is 86.6 Å². The van der Waals surface area contributed by atoms with E-state index in [1.165, 1.54) is 14.2 Å². The van der Waals surface area contributed by atoms with E-state index >= 15 is 0 Å². The summed E-state index contributed by atoms with van der Waals surface area (Å²) in [5.74, 6) is -0.497. The third kappa shape index (κ3) is 5.22. The van der Waals surface area contributed by atoms with Crippen LogP contribution in [0.1, 0.15) is 76.0 Å². The number of nitrogens with zero attached hydrogens (tertiary/aromatic N) is 3. The van der Waals surface area contributed by atoms with Gasteiger partial charge in [-0.2, -0.15) is 5.21 Å². The molecule has 1 aliphatic rings. The van der Waals surface area contributed by atoms with Gasteiger partial charge in [-0.15, -0.1) is 10.2 Å². The van der Waals surface area contributed by atoms with Gasteiger partial charge >= 0.3 is 18.0 Å². The topological polar surface area (TPSA) is 145 Å². The van der Waals surface area contributed by atoms with Crippen LogP contribution in [0.4, 0.5) is 4.79 Å². The van der Waals surface area contributed by atoms with Crippen molar-refractivity contribution >= 4 is 18.0 Å². The smallest absolute Gasteiger partial charge is 0.407 e. The van der Waals surface area contributed by atoms with Gasteiger partial charge in [0.05, 0.1) is 30.8 Å². The molecule has 0 aliphatic heterocycles. The van der Waals surface area contributed by atoms with Crippen molar-refractivity contribution in [3.05, 3.63) is 75.6 Å². The lowest BCUT2D eigenvalue weighted by molar-refractivity contribution is 0.0522. The number of nitrogens with one attached hydrogen (secondary N) is 2. The molecule has 2 aromatic carbocycles. The number of aromatic nitrogens is 4. The highest BCUT2D eigenvalue weighted by atomic mass is 16.6. The number of aryl methyl sites for hydroxylation is 2. The molecule has 0 saturated carbocycles. The van der Waals surface area contributed by atoms with E-state index < -0.39 is 29.0 Å². The summed E-state index contributed by atoms with van der Waals surface area (Å²) in [6.07, 6.45) is 0.964. The lowest BCUT2D eigenvalue weighted by Gasteiger charge is -2.34. The van der Waals surface area contributed by atoms with Gasteiger partial charge in [0.2, 0.25) is 0 Å². The molecule has 11 heteroatoms. The first-order valence-corrected chi connectivity index (χ1v) is 12.2. The summed E-state index contributed by atoms with van der Waals surface area (Å²) < 4.78 is 15.3. The molecule has 1 heterocycles. The van der Waals surface area contributed by atoms with Crippen molar-refractivity contribution in [2.45, 2.75) is 51.0 Å². The number of hydrogen-bond acceptors (Lipinski definition) is 9. The summed E-state index contributed by atoms with van der Waals surface area (Å²) in [6, 6.07) is 10.8. The third-order valence-electron chi connectivity index (χ3n) is 6.53. The second kappa shape index (κ2) is 10.6. The number of methoxy groups -OCH3 is 2. The molecule has 0 atom stereocenters. The van der Waals surface area contributed by atoms with Crippen molar-refractivity contribution < 1.29 is 28.6 Å². The summed E-state index contributed by atoms with van der Waals surface area (Å²) in [4.78, 5) is 37.1. The van der Waals surface area contributed by atoms with Gasteiger partial charge in [-0.25, -0.2) is 14.4 Å². The molecule has 0 radical (unpaired) electrons. The summed E-state index contributed by atoms with van der Waals surface area (Å²) in [5.41, 5.74) is 2.74. The Kier molecular flexibility index (Phi) is 7.47. The van der Waals surface area contributed by atoms with Crippen LogP contribution in [-0.2, 0) is 32.5 Å². The average Bonchev–Trinajstić information content (AvgIpc) is 3.39. The van der Waals surface area contributed by atoms with Crippen LogP contribution in [0.25, 0.3) is 0 Å². The molecule has 0 spiro atoms. The molecule has 1 amide bonds. The highest BCUT2D eigenvalue weighted by Crippen LogP contribution is 2.46. The Morgan fingerprint density at radius 3 is 1.95 bits per heavy atom. The standard InChI is InChI=1S/C27H31N5O6/c1-26(2,3)38-25(35)28-13-12-27(24-29-31-32-30-24)20-10-8-18(22(33)36-4)14-16(20)6-7-17-15-19(23(34)37-5)9-11-21(17)27/h8-11,14-15H,6-7,12-13H2,1-5H3,(H,28,35)(H,29,30,31,32).